The lowest BCUT2D eigenvalue weighted by molar-refractivity contribution is -0.114. The minimum absolute atomic E-state index is 0. The maximum absolute atomic E-state index is 13.7. The van der Waals surface area contributed by atoms with E-state index in [-0.39, 0.29) is 29.9 Å². The molecule has 1 heterocycles. The fraction of sp³-hybridized carbons (Fsp3) is 0.500. The molecule has 2 N–H and O–H groups in total. The molecule has 0 radical (unpaired) electrons. The van der Waals surface area contributed by atoms with E-state index in [2.05, 4.69) is 10.6 Å². The lowest BCUT2D eigenvalue weighted by atomic mass is 9.97. The predicted molar refractivity (Wildman–Crippen MR) is 90.5 cm³/mol. The summed E-state index contributed by atoms with van der Waals surface area (Å²) in [5.74, 6) is -0.584. The standard InChI is InChI=1S/C16H22FN3O2.ClH/c1-11(21)19-15-8-13(5-6-14(15)17)16(22)20-7-3-4-12(10-20)9-18-2;/h5-6,8,12,18H,3-4,7,9-10H2,1-2H3,(H,19,21);1H. The third-order valence-corrected chi connectivity index (χ3v) is 3.82. The normalized spacial score (nSPS) is 17.3. The Hall–Kier alpha value is -1.66. The summed E-state index contributed by atoms with van der Waals surface area (Å²) >= 11 is 0. The molecule has 1 fully saturated rings. The molecule has 1 aliphatic rings. The van der Waals surface area contributed by atoms with Crippen LogP contribution in [0.4, 0.5) is 10.1 Å². The van der Waals surface area contributed by atoms with E-state index in [1.165, 1.54) is 25.1 Å². The SMILES string of the molecule is CNCC1CCCN(C(=O)c2ccc(F)c(NC(C)=O)c2)C1.Cl. The average molecular weight is 344 g/mol. The number of piperidine rings is 1. The van der Waals surface area contributed by atoms with Crippen molar-refractivity contribution in [3.05, 3.63) is 29.6 Å². The number of nitrogens with one attached hydrogen (secondary N) is 2. The molecule has 128 valence electrons. The van der Waals surface area contributed by atoms with Crippen molar-refractivity contribution in [2.75, 3.05) is 32.0 Å². The summed E-state index contributed by atoms with van der Waals surface area (Å²) < 4.78 is 13.7. The van der Waals surface area contributed by atoms with Crippen molar-refractivity contribution in [1.82, 2.24) is 10.2 Å². The van der Waals surface area contributed by atoms with E-state index in [9.17, 15) is 14.0 Å². The number of likely N-dealkylation sites (tertiary alicyclic amines) is 1. The molecular formula is C16H23ClFN3O2. The zero-order valence-electron chi connectivity index (χ0n) is 13.4. The molecule has 0 spiro atoms. The van der Waals surface area contributed by atoms with E-state index < -0.39 is 5.82 Å². The monoisotopic (exact) mass is 343 g/mol. The summed E-state index contributed by atoms with van der Waals surface area (Å²) in [5, 5.41) is 5.55. The maximum atomic E-state index is 13.7. The van der Waals surface area contributed by atoms with Gasteiger partial charge in [-0.15, -0.1) is 12.4 Å². The number of carbonyl (C=O) groups is 2. The van der Waals surface area contributed by atoms with E-state index in [1.54, 1.807) is 4.90 Å². The number of anilines is 1. The number of carbonyl (C=O) groups excluding carboxylic acids is 2. The molecule has 0 saturated carbocycles. The molecule has 1 unspecified atom stereocenters. The fourth-order valence-electron chi connectivity index (χ4n) is 2.83. The second-order valence-electron chi connectivity index (χ2n) is 5.69. The first kappa shape index (κ1) is 19.4. The second kappa shape index (κ2) is 8.84. The van der Waals surface area contributed by atoms with E-state index in [4.69, 9.17) is 0 Å². The van der Waals surface area contributed by atoms with Crippen LogP contribution in [-0.2, 0) is 4.79 Å². The van der Waals surface area contributed by atoms with Crippen LogP contribution in [0, 0.1) is 11.7 Å². The van der Waals surface area contributed by atoms with E-state index in [0.29, 0.717) is 24.6 Å². The Morgan fingerprint density at radius 2 is 2.13 bits per heavy atom. The molecule has 1 saturated heterocycles. The lowest BCUT2D eigenvalue weighted by Gasteiger charge is -2.32. The van der Waals surface area contributed by atoms with Gasteiger partial charge in [0.25, 0.3) is 5.91 Å². The van der Waals surface area contributed by atoms with E-state index >= 15 is 0 Å². The van der Waals surface area contributed by atoms with Crippen LogP contribution in [0.25, 0.3) is 0 Å². The van der Waals surface area contributed by atoms with Gasteiger partial charge >= 0.3 is 0 Å². The Morgan fingerprint density at radius 1 is 1.39 bits per heavy atom. The average Bonchev–Trinajstić information content (AvgIpc) is 2.49. The van der Waals surface area contributed by atoms with Gasteiger partial charge in [0.2, 0.25) is 5.91 Å². The van der Waals surface area contributed by atoms with Gasteiger partial charge in [-0.25, -0.2) is 4.39 Å². The van der Waals surface area contributed by atoms with E-state index in [1.807, 2.05) is 7.05 Å². The first-order chi connectivity index (χ1) is 10.5. The van der Waals surface area contributed by atoms with Crippen LogP contribution in [0.5, 0.6) is 0 Å². The summed E-state index contributed by atoms with van der Waals surface area (Å²) in [6.45, 7) is 3.60. The van der Waals surface area contributed by atoms with Crippen molar-refractivity contribution in [2.45, 2.75) is 19.8 Å². The van der Waals surface area contributed by atoms with E-state index in [0.717, 1.165) is 19.4 Å². The highest BCUT2D eigenvalue weighted by molar-refractivity contribution is 5.97. The Balaban J connectivity index is 0.00000264. The molecular weight excluding hydrogens is 321 g/mol. The van der Waals surface area contributed by atoms with Gasteiger partial charge < -0.3 is 15.5 Å². The predicted octanol–water partition coefficient (Wildman–Crippen LogP) is 2.28. The summed E-state index contributed by atoms with van der Waals surface area (Å²) in [6.07, 6.45) is 2.07. The largest absolute Gasteiger partial charge is 0.338 e. The molecule has 0 aliphatic carbocycles. The number of amides is 2. The summed E-state index contributed by atoms with van der Waals surface area (Å²) in [7, 11) is 1.90. The van der Waals surface area contributed by atoms with Crippen molar-refractivity contribution in [1.29, 1.82) is 0 Å². The smallest absolute Gasteiger partial charge is 0.253 e. The molecule has 2 rings (SSSR count). The van der Waals surface area contributed by atoms with Crippen LogP contribution < -0.4 is 10.6 Å². The molecule has 1 aromatic rings. The zero-order valence-corrected chi connectivity index (χ0v) is 14.2. The number of halogens is 2. The third-order valence-electron chi connectivity index (χ3n) is 3.82. The summed E-state index contributed by atoms with van der Waals surface area (Å²) in [6, 6.07) is 4.08. The second-order valence-corrected chi connectivity index (χ2v) is 5.69. The highest BCUT2D eigenvalue weighted by Crippen LogP contribution is 2.21. The lowest BCUT2D eigenvalue weighted by Crippen LogP contribution is -2.42. The Bertz CT molecular complexity index is 566. The van der Waals surface area contributed by atoms with Crippen LogP contribution >= 0.6 is 12.4 Å². The van der Waals surface area contributed by atoms with Gasteiger partial charge in [0.05, 0.1) is 5.69 Å². The van der Waals surface area contributed by atoms with Crippen molar-refractivity contribution in [2.24, 2.45) is 5.92 Å². The molecule has 1 aliphatic heterocycles. The number of benzene rings is 1. The van der Waals surface area contributed by atoms with Gasteiger partial charge in [-0.05, 0) is 50.6 Å². The van der Waals surface area contributed by atoms with Crippen molar-refractivity contribution < 1.29 is 14.0 Å². The molecule has 0 bridgehead atoms. The van der Waals surface area contributed by atoms with Crippen molar-refractivity contribution >= 4 is 29.9 Å². The number of hydrogen-bond donors (Lipinski definition) is 2. The summed E-state index contributed by atoms with van der Waals surface area (Å²) in [5.41, 5.74) is 0.442. The Labute approximate surface area is 142 Å². The number of rotatable bonds is 4. The third kappa shape index (κ3) is 5.18. The van der Waals surface area contributed by atoms with Gasteiger partial charge in [0, 0.05) is 25.6 Å². The van der Waals surface area contributed by atoms with Crippen molar-refractivity contribution in [3.8, 4) is 0 Å². The van der Waals surface area contributed by atoms with Crippen LogP contribution in [0.3, 0.4) is 0 Å². The Kier molecular flexibility index (Phi) is 7.45. The molecule has 5 nitrogen and oxygen atoms in total. The van der Waals surface area contributed by atoms with Crippen molar-refractivity contribution in [3.63, 3.8) is 0 Å². The fourth-order valence-corrected chi connectivity index (χ4v) is 2.83. The quantitative estimate of drug-likeness (QED) is 0.881. The van der Waals surface area contributed by atoms with Gasteiger partial charge in [-0.3, -0.25) is 9.59 Å². The van der Waals surface area contributed by atoms with Gasteiger partial charge in [-0.1, -0.05) is 0 Å². The number of hydrogen-bond acceptors (Lipinski definition) is 3. The highest BCUT2D eigenvalue weighted by atomic mass is 35.5. The minimum atomic E-state index is -0.543. The first-order valence-corrected chi connectivity index (χ1v) is 7.52. The van der Waals surface area contributed by atoms with Gasteiger partial charge in [0.15, 0.2) is 0 Å². The first-order valence-electron chi connectivity index (χ1n) is 7.52. The molecule has 1 atom stereocenters. The topological polar surface area (TPSA) is 61.4 Å². The number of nitrogens with zero attached hydrogens (tertiary/aromatic N) is 1. The maximum Gasteiger partial charge on any atom is 0.253 e. The zero-order chi connectivity index (χ0) is 16.1. The highest BCUT2D eigenvalue weighted by Gasteiger charge is 2.24. The summed E-state index contributed by atoms with van der Waals surface area (Å²) in [4.78, 5) is 25.5. The van der Waals surface area contributed by atoms with Gasteiger partial charge in [0.1, 0.15) is 5.82 Å². The molecule has 1 aromatic carbocycles. The minimum Gasteiger partial charge on any atom is -0.338 e. The van der Waals surface area contributed by atoms with Crippen LogP contribution in [0.1, 0.15) is 30.1 Å². The molecule has 23 heavy (non-hydrogen) atoms. The van der Waals surface area contributed by atoms with Crippen LogP contribution in [0.2, 0.25) is 0 Å². The Morgan fingerprint density at radius 3 is 2.78 bits per heavy atom. The molecule has 2 amide bonds. The molecule has 7 heteroatoms. The van der Waals surface area contributed by atoms with Crippen LogP contribution in [-0.4, -0.2) is 43.4 Å². The van der Waals surface area contributed by atoms with Crippen LogP contribution in [0.15, 0.2) is 18.2 Å². The molecule has 0 aromatic heterocycles. The van der Waals surface area contributed by atoms with Gasteiger partial charge in [-0.2, -0.15) is 0 Å².